The van der Waals surface area contributed by atoms with Crippen molar-refractivity contribution in [3.8, 4) is 17.2 Å². The average molecular weight is 1720 g/mol. The van der Waals surface area contributed by atoms with E-state index in [1.165, 1.54) is 89.6 Å². The number of fused-ring (bicyclic) bond motifs is 7. The molecule has 640 valence electrons. The number of nitrogen functional groups attached to an aromatic ring is 2. The van der Waals surface area contributed by atoms with Gasteiger partial charge in [0.15, 0.2) is 16.7 Å². The molecule has 48 heteroatoms. The van der Waals surface area contributed by atoms with Crippen LogP contribution in [0.5, 0.6) is 17.2 Å². The van der Waals surface area contributed by atoms with E-state index in [2.05, 4.69) is 89.9 Å². The number of aromatic carboxylic acids is 1. The van der Waals surface area contributed by atoms with E-state index in [9.17, 15) is 85.4 Å². The minimum Gasteiger partial charge on any atom is -0.478 e. The molecule has 0 saturated carbocycles. The molecule has 15 aromatic rings. The van der Waals surface area contributed by atoms with Gasteiger partial charge in [-0.1, -0.05) is 0 Å². The number of halogens is 14. The van der Waals surface area contributed by atoms with Crippen LogP contribution in [0, 0.1) is 29.1 Å². The predicted molar refractivity (Wildman–Crippen MR) is 405 cm³/mol. The number of carboxylic acids is 1. The Morgan fingerprint density at radius 2 is 0.738 bits per heavy atom. The number of rotatable bonds is 18. The average Bonchev–Trinajstić information content (AvgIpc) is 1.64. The van der Waals surface area contributed by atoms with Gasteiger partial charge in [0.1, 0.15) is 62.9 Å². The van der Waals surface area contributed by atoms with Crippen molar-refractivity contribution in [3.05, 3.63) is 172 Å². The number of aryl methyl sites for hydroxylation is 4. The Kier molecular flexibility index (Phi) is 25.4. The zero-order valence-electron chi connectivity index (χ0n) is 63.8. The monoisotopic (exact) mass is 1720 g/mol. The minimum atomic E-state index is -4.84. The molecule has 0 atom stereocenters. The number of nitrogens with zero attached hydrogens (tertiary/aromatic N) is 11. The standard InChI is InChI=1S/C20H17F4N5O4.C18H12F4N4O4.C17H10F4N4O4.C10H10FN3O2.C9H11FN2O2/c1-29-15-9-12(21)11(17(30)25-5-6-31-2)8-14(15)26-18(29)28-19-27-13-4-3-10(7-16(13)32-19)33-20(22,23)24;1-26-13-7-10(19)9(15(27)28-2)6-12(13)23-16(26)25-17-24-11-4-3-8(5-14(11)29-17)30-18(20,21)22;1-25-12-6-9(18)8(14(26)27)5-11(12)22-15(25)24-16-23-10-3-2-7(4-13(10)28-16)29-17(19,20)21;1-14-8-4-6(11)5(9(15)16-2)3-7(8)13-10(14)12;1-12-8-4-6(10)5(3-7(8)11)9(13)14-2/h3-4,7-9H,5-6H2,1-2H3,(H,25,30)(H,26,27,28);3-7H,1-2H3,(H,23,24,25);2-6H,1H3,(H,26,27)(H,22,23,24);3-4H,1-2H3,(H2,12,13);3-4,12H,11H2,1-2H3. The molecule has 0 saturated heterocycles. The number of aromatic nitrogens is 11. The Labute approximate surface area is 671 Å². The third-order valence-electron chi connectivity index (χ3n) is 17.0. The molecule has 0 unspecified atom stereocenters. The number of anilines is 9. The van der Waals surface area contributed by atoms with Crippen LogP contribution in [0.25, 0.3) is 77.4 Å². The molecular formula is C74H60F14N18O16. The quantitative estimate of drug-likeness (QED) is 0.0130. The third kappa shape index (κ3) is 20.2. The fourth-order valence-corrected chi connectivity index (χ4v) is 11.3. The van der Waals surface area contributed by atoms with Crippen LogP contribution in [0.15, 0.2) is 129 Å². The van der Waals surface area contributed by atoms with E-state index in [1.54, 1.807) is 39.8 Å². The molecule has 0 aliphatic heterocycles. The number of nitrogens with two attached hydrogens (primary N) is 2. The molecule has 122 heavy (non-hydrogen) atoms. The summed E-state index contributed by atoms with van der Waals surface area (Å²) in [6.45, 7) is 0.497. The molecule has 7 heterocycles. The number of ether oxygens (including phenoxy) is 7. The highest BCUT2D eigenvalue weighted by Crippen LogP contribution is 2.36. The number of hydrogen-bond donors (Lipinski definition) is 8. The highest BCUT2D eigenvalue weighted by atomic mass is 19.4. The molecule has 34 nitrogen and oxygen atoms in total. The Hall–Kier alpha value is -15.4. The predicted octanol–water partition coefficient (Wildman–Crippen LogP) is 14.7. The lowest BCUT2D eigenvalue weighted by Gasteiger charge is -2.07. The largest absolute Gasteiger partial charge is 0.573 e. The number of carbonyl (C=O) groups is 5. The summed E-state index contributed by atoms with van der Waals surface area (Å²) < 4.78 is 233. The highest BCUT2D eigenvalue weighted by Gasteiger charge is 2.34. The summed E-state index contributed by atoms with van der Waals surface area (Å²) in [5.74, 6) is -8.63. The van der Waals surface area contributed by atoms with Gasteiger partial charge in [0.25, 0.3) is 5.91 Å². The van der Waals surface area contributed by atoms with Crippen molar-refractivity contribution < 1.29 is 137 Å². The molecule has 0 radical (unpaired) electrons. The lowest BCUT2D eigenvalue weighted by atomic mass is 10.1. The van der Waals surface area contributed by atoms with Gasteiger partial charge in [0, 0.05) is 91.4 Å². The molecule has 0 bridgehead atoms. The summed E-state index contributed by atoms with van der Waals surface area (Å²) in [6, 6.07) is 22.1. The van der Waals surface area contributed by atoms with Crippen LogP contribution in [0.3, 0.4) is 0 Å². The zero-order valence-corrected chi connectivity index (χ0v) is 63.8. The van der Waals surface area contributed by atoms with Gasteiger partial charge >= 0.3 is 61.0 Å². The second-order valence-corrected chi connectivity index (χ2v) is 25.0. The van der Waals surface area contributed by atoms with Crippen LogP contribution < -0.4 is 52.3 Å². The van der Waals surface area contributed by atoms with Gasteiger partial charge in [-0.3, -0.25) is 20.7 Å². The van der Waals surface area contributed by atoms with E-state index >= 15 is 0 Å². The van der Waals surface area contributed by atoms with Crippen molar-refractivity contribution in [1.29, 1.82) is 0 Å². The van der Waals surface area contributed by atoms with E-state index in [0.717, 1.165) is 67.8 Å². The molecule has 15 rings (SSSR count). The Morgan fingerprint density at radius 1 is 0.418 bits per heavy atom. The van der Waals surface area contributed by atoms with Gasteiger partial charge in [-0.2, -0.15) is 15.0 Å². The number of benzene rings is 8. The first-order chi connectivity index (χ1) is 57.5. The van der Waals surface area contributed by atoms with Crippen molar-refractivity contribution in [2.75, 3.05) is 81.4 Å². The Balaban J connectivity index is 0.000000154. The number of methoxy groups -OCH3 is 4. The van der Waals surface area contributed by atoms with Crippen LogP contribution in [-0.2, 0) is 47.1 Å². The summed E-state index contributed by atoms with van der Waals surface area (Å²) in [5.41, 5.74) is 14.5. The second kappa shape index (κ2) is 35.4. The molecule has 0 aliphatic carbocycles. The van der Waals surface area contributed by atoms with Gasteiger partial charge < -0.3 is 91.9 Å². The van der Waals surface area contributed by atoms with Gasteiger partial charge in [-0.05, 0) is 72.8 Å². The topological polar surface area (TPSA) is 432 Å². The van der Waals surface area contributed by atoms with Crippen molar-refractivity contribution in [3.63, 3.8) is 0 Å². The first-order valence-electron chi connectivity index (χ1n) is 34.3. The van der Waals surface area contributed by atoms with Crippen LogP contribution in [0.4, 0.5) is 115 Å². The summed E-state index contributed by atoms with van der Waals surface area (Å²) in [4.78, 5) is 86.3. The summed E-state index contributed by atoms with van der Waals surface area (Å²) in [5, 5.41) is 22.6. The van der Waals surface area contributed by atoms with Gasteiger partial charge in [0.2, 0.25) is 23.8 Å². The lowest BCUT2D eigenvalue weighted by Crippen LogP contribution is -2.27. The molecule has 0 fully saturated rings. The van der Waals surface area contributed by atoms with E-state index in [-0.39, 0.29) is 116 Å². The minimum absolute atomic E-state index is 0.0345. The molecule has 0 spiro atoms. The summed E-state index contributed by atoms with van der Waals surface area (Å²) >= 11 is 0. The maximum absolute atomic E-state index is 14.5. The lowest BCUT2D eigenvalue weighted by molar-refractivity contribution is -0.275. The SMILES string of the molecule is CNc1cc(F)c(C(=O)OC)cc1N.COC(=O)c1cc2nc(N)n(C)c2cc1F.COC(=O)c1cc2nc(Nc3nc4ccc(OC(F)(F)F)cc4o3)n(C)c2cc1F.COCCNC(=O)c1cc2nc(Nc3nc4ccc(OC(F)(F)F)cc4o3)n(C)c2cc1F.Cn1c(Nc2nc3ccc(OC(F)(F)F)cc3o2)nc2cc(C(=O)O)c(F)cc21. The van der Waals surface area contributed by atoms with E-state index in [0.29, 0.717) is 50.0 Å². The fraction of sp³-hybridized carbons (Fsp3) is 0.189. The van der Waals surface area contributed by atoms with Gasteiger partial charge in [-0.15, -0.1) is 39.5 Å². The Bertz CT molecular complexity index is 6530. The molecule has 7 aromatic heterocycles. The number of hydrogen-bond acceptors (Lipinski definition) is 28. The normalized spacial score (nSPS) is 11.4. The Morgan fingerprint density at radius 3 is 1.08 bits per heavy atom. The second-order valence-electron chi connectivity index (χ2n) is 25.0. The molecular weight excluding hydrogens is 1660 g/mol. The number of amides is 1. The highest BCUT2D eigenvalue weighted by molar-refractivity contribution is 5.99. The molecule has 0 aliphatic rings. The van der Waals surface area contributed by atoms with Crippen LogP contribution in [0.1, 0.15) is 51.8 Å². The van der Waals surface area contributed by atoms with Crippen LogP contribution in [-0.4, -0.2) is 156 Å². The number of imidazole rings is 4. The number of oxazole rings is 3. The van der Waals surface area contributed by atoms with E-state index in [4.69, 9.17) is 34.6 Å². The van der Waals surface area contributed by atoms with E-state index in [1.807, 2.05) is 0 Å². The van der Waals surface area contributed by atoms with Gasteiger partial charge in [0.05, 0.1) is 111 Å². The number of nitrogens with one attached hydrogen (secondary N) is 5. The number of carbonyl (C=O) groups excluding carboxylic acids is 4. The molecule has 10 N–H and O–H groups in total. The number of carboxylic acid groups (broad SMARTS) is 1. The number of alkyl halides is 9. The number of esters is 3. The first-order valence-corrected chi connectivity index (χ1v) is 34.3. The smallest absolute Gasteiger partial charge is 0.478 e. The van der Waals surface area contributed by atoms with E-state index < -0.39 is 101 Å². The molecule has 1 amide bonds. The van der Waals surface area contributed by atoms with Crippen molar-refractivity contribution in [1.82, 2.24) is 58.5 Å². The summed E-state index contributed by atoms with van der Waals surface area (Å²) in [7, 11) is 13.0. The maximum atomic E-state index is 14.5. The van der Waals surface area contributed by atoms with Crippen LogP contribution >= 0.6 is 0 Å². The van der Waals surface area contributed by atoms with Gasteiger partial charge in [-0.25, -0.2) is 61.1 Å². The van der Waals surface area contributed by atoms with Crippen molar-refractivity contribution >= 4 is 160 Å². The van der Waals surface area contributed by atoms with Crippen molar-refractivity contribution in [2.45, 2.75) is 19.1 Å². The maximum Gasteiger partial charge on any atom is 0.573 e. The first kappa shape index (κ1) is 87.4. The summed E-state index contributed by atoms with van der Waals surface area (Å²) in [6.07, 6.45) is -14.5. The zero-order chi connectivity index (χ0) is 88.9. The van der Waals surface area contributed by atoms with Crippen LogP contribution in [0.2, 0.25) is 0 Å². The third-order valence-corrected chi connectivity index (χ3v) is 17.0. The molecule has 8 aromatic carbocycles. The van der Waals surface area contributed by atoms with Crippen molar-refractivity contribution in [2.24, 2.45) is 28.2 Å². The fourth-order valence-electron chi connectivity index (χ4n) is 11.3.